The lowest BCUT2D eigenvalue weighted by molar-refractivity contribution is -0.275. The Kier molecular flexibility index (Phi) is 9.29. The van der Waals surface area contributed by atoms with Gasteiger partial charge in [-0.3, -0.25) is 4.79 Å². The summed E-state index contributed by atoms with van der Waals surface area (Å²) < 4.78 is 35.7. The largest absolute Gasteiger partial charge is 0.467 e. The molecule has 0 saturated carbocycles. The van der Waals surface area contributed by atoms with Crippen LogP contribution in [0.1, 0.15) is 27.2 Å². The van der Waals surface area contributed by atoms with E-state index in [0.717, 1.165) is 14.0 Å². The number of carbonyl (C=O) groups excluding carboxylic acids is 4. The number of hydrogen-bond donors (Lipinski definition) is 0. The van der Waals surface area contributed by atoms with Gasteiger partial charge in [-0.15, -0.1) is 0 Å². The summed E-state index contributed by atoms with van der Waals surface area (Å²) in [6.07, 6.45) is -6.75. The second-order valence-electron chi connectivity index (χ2n) is 5.96. The average molecular weight is 406 g/mol. The molecular weight excluding hydrogens is 380 g/mol. The number of esters is 4. The lowest BCUT2D eigenvalue weighted by Crippen LogP contribution is -2.56. The van der Waals surface area contributed by atoms with Crippen LogP contribution in [0.3, 0.4) is 0 Å². The normalized spacial score (nSPS) is 26.5. The van der Waals surface area contributed by atoms with Gasteiger partial charge >= 0.3 is 23.9 Å². The number of methoxy groups -OCH3 is 3. The van der Waals surface area contributed by atoms with E-state index >= 15 is 0 Å². The first kappa shape index (κ1) is 23.8. The molecule has 0 radical (unpaired) electrons. The molecule has 0 bridgehead atoms. The number of rotatable bonds is 8. The molecule has 2 unspecified atom stereocenters. The number of hydrogen-bond acceptors (Lipinski definition) is 11. The maximum absolute atomic E-state index is 12.2. The van der Waals surface area contributed by atoms with Crippen LogP contribution in [0.2, 0.25) is 0 Å². The Morgan fingerprint density at radius 1 is 0.893 bits per heavy atom. The van der Waals surface area contributed by atoms with Crippen molar-refractivity contribution in [2.45, 2.75) is 64.0 Å². The average Bonchev–Trinajstić information content (AvgIpc) is 2.66. The van der Waals surface area contributed by atoms with E-state index in [9.17, 15) is 19.2 Å². The first-order valence-corrected chi connectivity index (χ1v) is 8.51. The summed E-state index contributed by atoms with van der Waals surface area (Å²) in [5.74, 6) is -2.85. The van der Waals surface area contributed by atoms with Gasteiger partial charge in [0.1, 0.15) is 6.10 Å². The van der Waals surface area contributed by atoms with Crippen LogP contribution in [0.5, 0.6) is 0 Å². The molecule has 0 spiro atoms. The molecule has 0 aromatic carbocycles. The van der Waals surface area contributed by atoms with Crippen molar-refractivity contribution in [1.29, 1.82) is 0 Å². The van der Waals surface area contributed by atoms with E-state index in [1.165, 1.54) is 28.1 Å². The molecule has 11 heteroatoms. The smallest absolute Gasteiger partial charge is 0.339 e. The Bertz CT molecular complexity index is 575. The van der Waals surface area contributed by atoms with E-state index in [-0.39, 0.29) is 6.42 Å². The highest BCUT2D eigenvalue weighted by Gasteiger charge is 2.48. The molecular formula is C17H26O11. The monoisotopic (exact) mass is 406 g/mol. The van der Waals surface area contributed by atoms with Gasteiger partial charge in [0.25, 0.3) is 0 Å². The zero-order chi connectivity index (χ0) is 21.4. The van der Waals surface area contributed by atoms with Gasteiger partial charge in [-0.1, -0.05) is 0 Å². The molecule has 6 atom stereocenters. The van der Waals surface area contributed by atoms with Crippen molar-refractivity contribution < 1.29 is 52.3 Å². The SMILES string of the molecule is COC(=O)C(C)O[C@@H]1C[C@@H](OC(C)C(=O)OC)[C@H](OC(C)=O)[C@@H](C(=O)OC)O1. The van der Waals surface area contributed by atoms with E-state index in [2.05, 4.69) is 9.47 Å². The maximum atomic E-state index is 12.2. The minimum atomic E-state index is -1.40. The highest BCUT2D eigenvalue weighted by atomic mass is 16.7. The second kappa shape index (κ2) is 10.9. The Morgan fingerprint density at radius 2 is 1.43 bits per heavy atom. The summed E-state index contributed by atoms with van der Waals surface area (Å²) in [7, 11) is 3.52. The fraction of sp³-hybridized carbons (Fsp3) is 0.765. The number of carbonyl (C=O) groups is 4. The quantitative estimate of drug-likeness (QED) is 0.389. The molecule has 1 heterocycles. The van der Waals surface area contributed by atoms with Crippen LogP contribution in [0.4, 0.5) is 0 Å². The van der Waals surface area contributed by atoms with Gasteiger partial charge in [0.15, 0.2) is 30.7 Å². The van der Waals surface area contributed by atoms with Gasteiger partial charge in [-0.2, -0.15) is 0 Å². The van der Waals surface area contributed by atoms with Crippen LogP contribution in [0.15, 0.2) is 0 Å². The van der Waals surface area contributed by atoms with Gasteiger partial charge in [0.05, 0.1) is 21.3 Å². The Morgan fingerprint density at radius 3 is 1.89 bits per heavy atom. The maximum Gasteiger partial charge on any atom is 0.339 e. The van der Waals surface area contributed by atoms with Crippen molar-refractivity contribution in [2.75, 3.05) is 21.3 Å². The van der Waals surface area contributed by atoms with Crippen molar-refractivity contribution in [3.63, 3.8) is 0 Å². The highest BCUT2D eigenvalue weighted by molar-refractivity contribution is 5.77. The fourth-order valence-corrected chi connectivity index (χ4v) is 2.60. The Labute approximate surface area is 162 Å². The minimum Gasteiger partial charge on any atom is -0.467 e. The Hall–Kier alpha value is -2.24. The summed E-state index contributed by atoms with van der Waals surface area (Å²) in [5.41, 5.74) is 0. The van der Waals surface area contributed by atoms with E-state index in [1.807, 2.05) is 0 Å². The second-order valence-corrected chi connectivity index (χ2v) is 5.96. The van der Waals surface area contributed by atoms with Gasteiger partial charge in [-0.05, 0) is 13.8 Å². The Balaban J connectivity index is 3.10. The van der Waals surface area contributed by atoms with Crippen LogP contribution in [0, 0.1) is 0 Å². The first-order valence-electron chi connectivity index (χ1n) is 8.51. The van der Waals surface area contributed by atoms with Crippen LogP contribution in [-0.2, 0) is 52.3 Å². The molecule has 1 aliphatic rings. The highest BCUT2D eigenvalue weighted by Crippen LogP contribution is 2.29. The van der Waals surface area contributed by atoms with Gasteiger partial charge < -0.3 is 33.2 Å². The molecule has 0 aromatic heterocycles. The molecule has 0 aliphatic carbocycles. The van der Waals surface area contributed by atoms with E-state index in [1.54, 1.807) is 0 Å². The van der Waals surface area contributed by atoms with E-state index < -0.39 is 60.7 Å². The van der Waals surface area contributed by atoms with Crippen LogP contribution in [0.25, 0.3) is 0 Å². The van der Waals surface area contributed by atoms with Crippen molar-refractivity contribution in [2.24, 2.45) is 0 Å². The number of ether oxygens (including phenoxy) is 7. The minimum absolute atomic E-state index is 0.0475. The first-order chi connectivity index (χ1) is 13.1. The molecule has 1 fully saturated rings. The topological polar surface area (TPSA) is 133 Å². The fourth-order valence-electron chi connectivity index (χ4n) is 2.60. The van der Waals surface area contributed by atoms with Crippen molar-refractivity contribution >= 4 is 23.9 Å². The zero-order valence-electron chi connectivity index (χ0n) is 16.7. The third-order valence-corrected chi connectivity index (χ3v) is 3.92. The van der Waals surface area contributed by atoms with Crippen molar-refractivity contribution in [3.05, 3.63) is 0 Å². The molecule has 1 rings (SSSR count). The summed E-state index contributed by atoms with van der Waals surface area (Å²) in [6.45, 7) is 4.02. The summed E-state index contributed by atoms with van der Waals surface area (Å²) >= 11 is 0. The van der Waals surface area contributed by atoms with Crippen LogP contribution < -0.4 is 0 Å². The zero-order valence-corrected chi connectivity index (χ0v) is 16.7. The predicted molar refractivity (Wildman–Crippen MR) is 89.8 cm³/mol. The third kappa shape index (κ3) is 6.43. The molecule has 0 amide bonds. The van der Waals surface area contributed by atoms with Crippen molar-refractivity contribution in [1.82, 2.24) is 0 Å². The van der Waals surface area contributed by atoms with Crippen molar-refractivity contribution in [3.8, 4) is 0 Å². The summed E-state index contributed by atoms with van der Waals surface area (Å²) in [6, 6.07) is 0. The lowest BCUT2D eigenvalue weighted by atomic mass is 10.00. The van der Waals surface area contributed by atoms with Gasteiger partial charge in [-0.25, -0.2) is 14.4 Å². The standard InChI is InChI=1S/C17H26O11/c1-8(15(19)22-4)25-11-7-12(26-9(2)16(20)23-5)28-14(17(21)24-6)13(11)27-10(3)18/h8-9,11-14H,7H2,1-6H3/t8?,9?,11-,12+,13+,14+/m1/s1. The van der Waals surface area contributed by atoms with E-state index in [4.69, 9.17) is 23.7 Å². The molecule has 0 aromatic rings. The molecule has 160 valence electrons. The molecule has 11 nitrogen and oxygen atoms in total. The molecule has 1 saturated heterocycles. The lowest BCUT2D eigenvalue weighted by Gasteiger charge is -2.40. The molecule has 0 N–H and O–H groups in total. The molecule has 1 aliphatic heterocycles. The predicted octanol–water partition coefficient (Wildman–Crippen LogP) is -0.269. The van der Waals surface area contributed by atoms with Crippen LogP contribution in [-0.4, -0.2) is 82.0 Å². The van der Waals surface area contributed by atoms with E-state index in [0.29, 0.717) is 0 Å². The summed E-state index contributed by atoms with van der Waals surface area (Å²) in [4.78, 5) is 47.0. The van der Waals surface area contributed by atoms with Gasteiger partial charge in [0.2, 0.25) is 0 Å². The van der Waals surface area contributed by atoms with Gasteiger partial charge in [0, 0.05) is 13.3 Å². The molecule has 28 heavy (non-hydrogen) atoms. The van der Waals surface area contributed by atoms with Crippen LogP contribution >= 0.6 is 0 Å². The summed E-state index contributed by atoms with van der Waals surface area (Å²) in [5, 5.41) is 0. The third-order valence-electron chi connectivity index (χ3n) is 3.92.